The Morgan fingerprint density at radius 1 is 1.11 bits per heavy atom. The Hall–Kier alpha value is -0.570. The second-order valence-corrected chi connectivity index (χ2v) is 6.01. The summed E-state index contributed by atoms with van der Waals surface area (Å²) in [5.74, 6) is 0.916. The molecule has 0 spiro atoms. The molecule has 2 N–H and O–H groups in total. The highest BCUT2D eigenvalue weighted by Crippen LogP contribution is 2.31. The lowest BCUT2D eigenvalue weighted by Gasteiger charge is -2.36. The summed E-state index contributed by atoms with van der Waals surface area (Å²) in [7, 11) is 0. The van der Waals surface area contributed by atoms with Crippen LogP contribution in [0.15, 0.2) is 0 Å². The first kappa shape index (κ1) is 13.9. The van der Waals surface area contributed by atoms with Crippen molar-refractivity contribution in [3.8, 4) is 0 Å². The smallest absolute Gasteiger partial charge is 0.239 e. The summed E-state index contributed by atoms with van der Waals surface area (Å²) in [5, 5.41) is 0. The summed E-state index contributed by atoms with van der Waals surface area (Å²) in [6.07, 6.45) is 10.7. The van der Waals surface area contributed by atoms with E-state index in [4.69, 9.17) is 5.73 Å². The third kappa shape index (κ3) is 3.05. The predicted octanol–water partition coefficient (Wildman–Crippen LogP) is 2.69. The predicted molar refractivity (Wildman–Crippen MR) is 74.2 cm³/mol. The van der Waals surface area contributed by atoms with Gasteiger partial charge in [0.2, 0.25) is 5.91 Å². The third-order valence-electron chi connectivity index (χ3n) is 4.81. The molecule has 2 fully saturated rings. The number of rotatable bonds is 2. The molecule has 1 heterocycles. The van der Waals surface area contributed by atoms with E-state index in [2.05, 4.69) is 11.8 Å². The summed E-state index contributed by atoms with van der Waals surface area (Å²) in [5.41, 5.74) is 6.01. The van der Waals surface area contributed by atoms with Crippen LogP contribution in [0.3, 0.4) is 0 Å². The van der Waals surface area contributed by atoms with Gasteiger partial charge in [-0.15, -0.1) is 0 Å². The maximum Gasteiger partial charge on any atom is 0.239 e. The zero-order valence-corrected chi connectivity index (χ0v) is 11.7. The Balaban J connectivity index is 2.12. The molecule has 0 aromatic carbocycles. The van der Waals surface area contributed by atoms with Crippen molar-refractivity contribution in [3.63, 3.8) is 0 Å². The Morgan fingerprint density at radius 2 is 1.83 bits per heavy atom. The number of carbonyl (C=O) groups excluding carboxylic acids is 1. The van der Waals surface area contributed by atoms with Crippen LogP contribution in [0.4, 0.5) is 0 Å². The lowest BCUT2D eigenvalue weighted by molar-refractivity contribution is -0.135. The molecule has 2 rings (SSSR count). The molecule has 0 aromatic rings. The van der Waals surface area contributed by atoms with Crippen LogP contribution in [0.2, 0.25) is 0 Å². The van der Waals surface area contributed by atoms with E-state index in [1.54, 1.807) is 0 Å². The van der Waals surface area contributed by atoms with Crippen molar-refractivity contribution in [2.45, 2.75) is 76.8 Å². The Kier molecular flexibility index (Phi) is 5.04. The van der Waals surface area contributed by atoms with Gasteiger partial charge < -0.3 is 10.6 Å². The van der Waals surface area contributed by atoms with Crippen LogP contribution < -0.4 is 5.73 Å². The normalized spacial score (nSPS) is 35.1. The van der Waals surface area contributed by atoms with Gasteiger partial charge in [-0.25, -0.2) is 0 Å². The van der Waals surface area contributed by atoms with Crippen molar-refractivity contribution in [3.05, 3.63) is 0 Å². The average molecular weight is 252 g/mol. The van der Waals surface area contributed by atoms with Gasteiger partial charge in [-0.3, -0.25) is 4.79 Å². The molecule has 104 valence electrons. The zero-order chi connectivity index (χ0) is 13.0. The highest BCUT2D eigenvalue weighted by Gasteiger charge is 2.33. The monoisotopic (exact) mass is 252 g/mol. The van der Waals surface area contributed by atoms with Gasteiger partial charge >= 0.3 is 0 Å². The van der Waals surface area contributed by atoms with Gasteiger partial charge in [0.25, 0.3) is 0 Å². The second kappa shape index (κ2) is 6.55. The fourth-order valence-electron chi connectivity index (χ4n) is 3.67. The van der Waals surface area contributed by atoms with E-state index in [0.29, 0.717) is 12.0 Å². The number of likely N-dealkylation sites (tertiary alicyclic amines) is 1. The maximum atomic E-state index is 12.4. The molecule has 0 bridgehead atoms. The van der Waals surface area contributed by atoms with Gasteiger partial charge in [-0.05, 0) is 38.0 Å². The van der Waals surface area contributed by atoms with Crippen molar-refractivity contribution in [2.75, 3.05) is 6.54 Å². The molecule has 1 aliphatic heterocycles. The first-order valence-corrected chi connectivity index (χ1v) is 7.80. The maximum absolute atomic E-state index is 12.4. The summed E-state index contributed by atoms with van der Waals surface area (Å²) < 4.78 is 0. The topological polar surface area (TPSA) is 46.3 Å². The molecule has 1 amide bonds. The fraction of sp³-hybridized carbons (Fsp3) is 0.933. The lowest BCUT2D eigenvalue weighted by atomic mass is 9.90. The van der Waals surface area contributed by atoms with E-state index >= 15 is 0 Å². The molecular formula is C15H28N2O. The van der Waals surface area contributed by atoms with E-state index in [0.717, 1.165) is 25.8 Å². The van der Waals surface area contributed by atoms with Crippen LogP contribution in [0.25, 0.3) is 0 Å². The van der Waals surface area contributed by atoms with E-state index in [1.165, 1.54) is 38.5 Å². The quantitative estimate of drug-likeness (QED) is 0.768. The molecule has 3 unspecified atom stereocenters. The SMILES string of the molecule is CCC1CCCCCC1N1CCCCC(N)C1=O. The summed E-state index contributed by atoms with van der Waals surface area (Å²) >= 11 is 0. The molecule has 0 radical (unpaired) electrons. The van der Waals surface area contributed by atoms with Gasteiger partial charge in [0, 0.05) is 12.6 Å². The van der Waals surface area contributed by atoms with E-state index < -0.39 is 0 Å². The number of amides is 1. The highest BCUT2D eigenvalue weighted by molar-refractivity contribution is 5.82. The lowest BCUT2D eigenvalue weighted by Crippen LogP contribution is -2.49. The van der Waals surface area contributed by atoms with Crippen molar-refractivity contribution in [1.82, 2.24) is 4.90 Å². The van der Waals surface area contributed by atoms with Crippen molar-refractivity contribution in [2.24, 2.45) is 11.7 Å². The summed E-state index contributed by atoms with van der Waals surface area (Å²) in [6.45, 7) is 3.21. The number of nitrogens with two attached hydrogens (primary N) is 1. The van der Waals surface area contributed by atoms with Crippen LogP contribution in [0.1, 0.15) is 64.7 Å². The second-order valence-electron chi connectivity index (χ2n) is 6.01. The molecule has 1 saturated heterocycles. The molecule has 3 atom stereocenters. The molecule has 2 aliphatic rings. The van der Waals surface area contributed by atoms with Crippen molar-refractivity contribution < 1.29 is 4.79 Å². The summed E-state index contributed by atoms with van der Waals surface area (Å²) in [6, 6.07) is 0.224. The van der Waals surface area contributed by atoms with Crippen LogP contribution in [-0.4, -0.2) is 29.4 Å². The van der Waals surface area contributed by atoms with E-state index in [9.17, 15) is 4.79 Å². The summed E-state index contributed by atoms with van der Waals surface area (Å²) in [4.78, 5) is 14.6. The molecular weight excluding hydrogens is 224 g/mol. The van der Waals surface area contributed by atoms with Crippen LogP contribution in [-0.2, 0) is 4.79 Å². The van der Waals surface area contributed by atoms with Crippen LogP contribution in [0, 0.1) is 5.92 Å². The first-order chi connectivity index (χ1) is 8.74. The largest absolute Gasteiger partial charge is 0.338 e. The minimum absolute atomic E-state index is 0.220. The van der Waals surface area contributed by atoms with Crippen LogP contribution in [0.5, 0.6) is 0 Å². The zero-order valence-electron chi connectivity index (χ0n) is 11.7. The van der Waals surface area contributed by atoms with E-state index in [-0.39, 0.29) is 11.9 Å². The molecule has 1 saturated carbocycles. The number of hydrogen-bond donors (Lipinski definition) is 1. The minimum Gasteiger partial charge on any atom is -0.338 e. The number of nitrogens with zero attached hydrogens (tertiary/aromatic N) is 1. The number of carbonyl (C=O) groups is 1. The van der Waals surface area contributed by atoms with Gasteiger partial charge in [0.05, 0.1) is 6.04 Å². The third-order valence-corrected chi connectivity index (χ3v) is 4.81. The van der Waals surface area contributed by atoms with Gasteiger partial charge in [0.15, 0.2) is 0 Å². The standard InChI is InChI=1S/C15H28N2O/c1-2-12-8-4-3-5-10-14(12)17-11-7-6-9-13(16)15(17)18/h12-14H,2-11,16H2,1H3. The Labute approximate surface area is 111 Å². The molecule has 1 aliphatic carbocycles. The van der Waals surface area contributed by atoms with E-state index in [1.807, 2.05) is 0 Å². The number of hydrogen-bond acceptors (Lipinski definition) is 2. The van der Waals surface area contributed by atoms with Crippen LogP contribution >= 0.6 is 0 Å². The van der Waals surface area contributed by atoms with Gasteiger partial charge in [-0.2, -0.15) is 0 Å². The molecule has 3 nitrogen and oxygen atoms in total. The first-order valence-electron chi connectivity index (χ1n) is 7.80. The fourth-order valence-corrected chi connectivity index (χ4v) is 3.67. The molecule has 3 heteroatoms. The highest BCUT2D eigenvalue weighted by atomic mass is 16.2. The van der Waals surface area contributed by atoms with Gasteiger partial charge in [0.1, 0.15) is 0 Å². The molecule has 0 aromatic heterocycles. The van der Waals surface area contributed by atoms with Gasteiger partial charge in [-0.1, -0.05) is 32.6 Å². The van der Waals surface area contributed by atoms with Crippen molar-refractivity contribution >= 4 is 5.91 Å². The Bertz CT molecular complexity index is 280. The van der Waals surface area contributed by atoms with Crippen molar-refractivity contribution in [1.29, 1.82) is 0 Å². The Morgan fingerprint density at radius 3 is 2.61 bits per heavy atom. The molecule has 18 heavy (non-hydrogen) atoms. The average Bonchev–Trinajstić information content (AvgIpc) is 2.70. The minimum atomic E-state index is -0.242.